The van der Waals surface area contributed by atoms with Crippen molar-refractivity contribution in [2.45, 2.75) is 25.7 Å². The minimum atomic E-state index is -0.823. The number of anilines is 2. The molecule has 1 heterocycles. The molecule has 0 saturated heterocycles. The van der Waals surface area contributed by atoms with Gasteiger partial charge in [0, 0.05) is 31.4 Å². The maximum Gasteiger partial charge on any atom is 0.303 e. The van der Waals surface area contributed by atoms with E-state index in [4.69, 9.17) is 5.11 Å². The highest BCUT2D eigenvalue weighted by Gasteiger charge is 2.16. The van der Waals surface area contributed by atoms with E-state index in [0.29, 0.717) is 18.5 Å². The van der Waals surface area contributed by atoms with Crippen LogP contribution in [-0.4, -0.2) is 30.6 Å². The molecule has 1 amide bonds. The van der Waals surface area contributed by atoms with Gasteiger partial charge in [0.1, 0.15) is 0 Å². The number of likely N-dealkylation sites (N-methyl/N-ethyl adjacent to an activating group) is 1. The maximum absolute atomic E-state index is 12.3. The number of hydrogen-bond donors (Lipinski definition) is 2. The second-order valence-electron chi connectivity index (χ2n) is 6.45. The summed E-state index contributed by atoms with van der Waals surface area (Å²) in [5, 5.41) is 11.7. The van der Waals surface area contributed by atoms with Crippen molar-refractivity contribution in [1.82, 2.24) is 0 Å². The Morgan fingerprint density at radius 1 is 1.16 bits per heavy atom. The molecule has 0 fully saturated rings. The van der Waals surface area contributed by atoms with Crippen molar-refractivity contribution in [3.8, 4) is 0 Å². The van der Waals surface area contributed by atoms with Gasteiger partial charge in [0.05, 0.1) is 6.42 Å². The highest BCUT2D eigenvalue weighted by molar-refractivity contribution is 5.92. The number of aliphatic carboxylic acids is 1. The van der Waals surface area contributed by atoms with Crippen LogP contribution in [-0.2, 0) is 28.9 Å². The van der Waals surface area contributed by atoms with Gasteiger partial charge in [0.2, 0.25) is 5.91 Å². The quantitative estimate of drug-likeness (QED) is 0.850. The first kappa shape index (κ1) is 17.0. The number of benzene rings is 2. The number of carboxylic acid groups (broad SMARTS) is 1. The van der Waals surface area contributed by atoms with Gasteiger partial charge in [0.15, 0.2) is 0 Å². The number of nitrogens with zero attached hydrogens (tertiary/aromatic N) is 1. The third-order valence-corrected chi connectivity index (χ3v) is 4.47. The van der Waals surface area contributed by atoms with Gasteiger partial charge in [0.25, 0.3) is 0 Å². The monoisotopic (exact) mass is 338 g/mol. The lowest BCUT2D eigenvalue weighted by Gasteiger charge is -2.12. The van der Waals surface area contributed by atoms with E-state index in [1.807, 2.05) is 30.3 Å². The van der Waals surface area contributed by atoms with Gasteiger partial charge in [-0.3, -0.25) is 9.59 Å². The standard InChI is InChI=1S/C20H22N2O3/c1-22-10-9-16-11-15(5-7-18(16)22)13-19(23)21-17-4-2-3-14(12-17)6-8-20(24)25/h2-5,7,11-12H,6,8-10,13H2,1H3,(H,21,23)(H,24,25). The lowest BCUT2D eigenvalue weighted by Crippen LogP contribution is -2.15. The lowest BCUT2D eigenvalue weighted by molar-refractivity contribution is -0.137. The molecule has 0 atom stereocenters. The third kappa shape index (κ3) is 4.38. The fourth-order valence-corrected chi connectivity index (χ4v) is 3.18. The highest BCUT2D eigenvalue weighted by atomic mass is 16.4. The summed E-state index contributed by atoms with van der Waals surface area (Å²) in [5.74, 6) is -0.890. The molecular weight excluding hydrogens is 316 g/mol. The van der Waals surface area contributed by atoms with Crippen LogP contribution in [0.3, 0.4) is 0 Å². The highest BCUT2D eigenvalue weighted by Crippen LogP contribution is 2.27. The van der Waals surface area contributed by atoms with Crippen LogP contribution >= 0.6 is 0 Å². The van der Waals surface area contributed by atoms with E-state index in [2.05, 4.69) is 29.4 Å². The summed E-state index contributed by atoms with van der Waals surface area (Å²) in [5.41, 5.74) is 5.15. The zero-order chi connectivity index (χ0) is 17.8. The van der Waals surface area contributed by atoms with Crippen LogP contribution in [0.2, 0.25) is 0 Å². The molecule has 0 aliphatic carbocycles. The van der Waals surface area contributed by atoms with E-state index in [0.717, 1.165) is 24.1 Å². The van der Waals surface area contributed by atoms with E-state index >= 15 is 0 Å². The minimum Gasteiger partial charge on any atom is -0.481 e. The first-order valence-electron chi connectivity index (χ1n) is 8.45. The van der Waals surface area contributed by atoms with E-state index in [-0.39, 0.29) is 12.3 Å². The van der Waals surface area contributed by atoms with Gasteiger partial charge >= 0.3 is 5.97 Å². The number of fused-ring (bicyclic) bond motifs is 1. The number of carboxylic acids is 1. The van der Waals surface area contributed by atoms with Gasteiger partial charge < -0.3 is 15.3 Å². The molecule has 3 rings (SSSR count). The van der Waals surface area contributed by atoms with Crippen LogP contribution in [0.4, 0.5) is 11.4 Å². The zero-order valence-corrected chi connectivity index (χ0v) is 14.3. The largest absolute Gasteiger partial charge is 0.481 e. The number of rotatable bonds is 6. The Morgan fingerprint density at radius 2 is 2.00 bits per heavy atom. The number of nitrogens with one attached hydrogen (secondary N) is 1. The molecule has 25 heavy (non-hydrogen) atoms. The molecule has 2 N–H and O–H groups in total. The first-order valence-corrected chi connectivity index (χ1v) is 8.45. The average Bonchev–Trinajstić information content (AvgIpc) is 2.94. The Balaban J connectivity index is 1.61. The van der Waals surface area contributed by atoms with Gasteiger partial charge in [-0.2, -0.15) is 0 Å². The van der Waals surface area contributed by atoms with Crippen molar-refractivity contribution in [2.75, 3.05) is 23.8 Å². The van der Waals surface area contributed by atoms with Gasteiger partial charge in [-0.05, 0) is 47.7 Å². The van der Waals surface area contributed by atoms with Crippen molar-refractivity contribution >= 4 is 23.3 Å². The van der Waals surface area contributed by atoms with Crippen LogP contribution in [0.1, 0.15) is 23.1 Å². The molecule has 0 bridgehead atoms. The normalized spacial score (nSPS) is 12.8. The number of carbonyl (C=O) groups excluding carboxylic acids is 1. The predicted octanol–water partition coefficient (Wildman–Crippen LogP) is 2.88. The van der Waals surface area contributed by atoms with E-state index in [1.165, 1.54) is 11.3 Å². The second kappa shape index (κ2) is 7.38. The molecule has 5 nitrogen and oxygen atoms in total. The van der Waals surface area contributed by atoms with Crippen molar-refractivity contribution < 1.29 is 14.7 Å². The number of amides is 1. The Morgan fingerprint density at radius 3 is 2.80 bits per heavy atom. The Labute approximate surface area is 147 Å². The van der Waals surface area contributed by atoms with Crippen molar-refractivity contribution in [2.24, 2.45) is 0 Å². The van der Waals surface area contributed by atoms with Crippen LogP contribution in [0.15, 0.2) is 42.5 Å². The fraction of sp³-hybridized carbons (Fsp3) is 0.300. The summed E-state index contributed by atoms with van der Waals surface area (Å²) < 4.78 is 0. The second-order valence-corrected chi connectivity index (χ2v) is 6.45. The lowest BCUT2D eigenvalue weighted by atomic mass is 10.1. The minimum absolute atomic E-state index is 0.0679. The summed E-state index contributed by atoms with van der Waals surface area (Å²) in [6.45, 7) is 1.02. The smallest absolute Gasteiger partial charge is 0.303 e. The first-order chi connectivity index (χ1) is 12.0. The van der Waals surface area contributed by atoms with Crippen LogP contribution in [0.5, 0.6) is 0 Å². The maximum atomic E-state index is 12.3. The molecule has 1 aliphatic rings. The van der Waals surface area contributed by atoms with Crippen LogP contribution < -0.4 is 10.2 Å². The predicted molar refractivity (Wildman–Crippen MR) is 98.1 cm³/mol. The van der Waals surface area contributed by atoms with E-state index in [1.54, 1.807) is 0 Å². The van der Waals surface area contributed by atoms with Crippen LogP contribution in [0.25, 0.3) is 0 Å². The topological polar surface area (TPSA) is 69.6 Å². The van der Waals surface area contributed by atoms with Gasteiger partial charge in [-0.15, -0.1) is 0 Å². The van der Waals surface area contributed by atoms with Crippen molar-refractivity contribution in [1.29, 1.82) is 0 Å². The van der Waals surface area contributed by atoms with Gasteiger partial charge in [-0.25, -0.2) is 0 Å². The molecular formula is C20H22N2O3. The molecule has 5 heteroatoms. The number of aryl methyl sites for hydroxylation is 1. The average molecular weight is 338 g/mol. The molecule has 130 valence electrons. The van der Waals surface area contributed by atoms with E-state index in [9.17, 15) is 9.59 Å². The van der Waals surface area contributed by atoms with Gasteiger partial charge in [-0.1, -0.05) is 24.3 Å². The Bertz CT molecular complexity index is 801. The molecule has 2 aromatic rings. The third-order valence-electron chi connectivity index (χ3n) is 4.47. The summed E-state index contributed by atoms with van der Waals surface area (Å²) in [4.78, 5) is 25.2. The summed E-state index contributed by atoms with van der Waals surface area (Å²) >= 11 is 0. The summed E-state index contributed by atoms with van der Waals surface area (Å²) in [6, 6.07) is 13.6. The van der Waals surface area contributed by atoms with E-state index < -0.39 is 5.97 Å². The Hall–Kier alpha value is -2.82. The van der Waals surface area contributed by atoms with Crippen molar-refractivity contribution in [3.05, 3.63) is 59.2 Å². The molecule has 0 saturated carbocycles. The zero-order valence-electron chi connectivity index (χ0n) is 14.3. The molecule has 0 unspecified atom stereocenters. The van der Waals surface area contributed by atoms with Crippen LogP contribution in [0, 0.1) is 0 Å². The number of hydrogen-bond acceptors (Lipinski definition) is 3. The molecule has 0 radical (unpaired) electrons. The molecule has 0 aromatic heterocycles. The molecule has 2 aromatic carbocycles. The SMILES string of the molecule is CN1CCc2cc(CC(=O)Nc3cccc(CCC(=O)O)c3)ccc21. The molecule has 0 spiro atoms. The summed E-state index contributed by atoms with van der Waals surface area (Å²) in [6.07, 6.45) is 1.89. The number of carbonyl (C=O) groups is 2. The Kier molecular flexibility index (Phi) is 5.03. The molecule has 1 aliphatic heterocycles. The van der Waals surface area contributed by atoms with Crippen molar-refractivity contribution in [3.63, 3.8) is 0 Å². The summed E-state index contributed by atoms with van der Waals surface area (Å²) in [7, 11) is 2.08. The fourth-order valence-electron chi connectivity index (χ4n) is 3.18.